The number of sulfone groups is 1. The van der Waals surface area contributed by atoms with Gasteiger partial charge in [-0.2, -0.15) is 0 Å². The van der Waals surface area contributed by atoms with Crippen LogP contribution in [0.2, 0.25) is 0 Å². The van der Waals surface area contributed by atoms with Gasteiger partial charge in [-0.25, -0.2) is 8.42 Å². The normalized spacial score (nSPS) is 21.1. The van der Waals surface area contributed by atoms with Crippen LogP contribution in [0.1, 0.15) is 38.2 Å². The fourth-order valence-electron chi connectivity index (χ4n) is 3.94. The van der Waals surface area contributed by atoms with Gasteiger partial charge in [0.25, 0.3) is 0 Å². The van der Waals surface area contributed by atoms with Crippen LogP contribution >= 0.6 is 0 Å². The first-order valence-electron chi connectivity index (χ1n) is 10.4. The minimum absolute atomic E-state index is 0.150. The molecule has 2 aliphatic rings. The van der Waals surface area contributed by atoms with Crippen molar-refractivity contribution in [3.63, 3.8) is 0 Å². The highest BCUT2D eigenvalue weighted by atomic mass is 32.2. The Morgan fingerprint density at radius 1 is 1.20 bits per heavy atom. The second-order valence-corrected chi connectivity index (χ2v) is 9.99. The smallest absolute Gasteiger partial charge is 0.191 e. The van der Waals surface area contributed by atoms with Crippen LogP contribution in [0, 0.1) is 0 Å². The maximum atomic E-state index is 13.2. The summed E-state index contributed by atoms with van der Waals surface area (Å²) in [5.74, 6) is 0.532. The molecule has 30 heavy (non-hydrogen) atoms. The molecule has 0 saturated carbocycles. The maximum Gasteiger partial charge on any atom is 0.191 e. The van der Waals surface area contributed by atoms with E-state index >= 15 is 0 Å². The van der Waals surface area contributed by atoms with E-state index in [1.54, 1.807) is 25.3 Å². The monoisotopic (exact) mass is 434 g/mol. The molecule has 1 heterocycles. The zero-order valence-electron chi connectivity index (χ0n) is 17.6. The molecule has 6 nitrogen and oxygen atoms in total. The quantitative estimate of drug-likeness (QED) is 0.554. The Hall–Kier alpha value is -1.96. The summed E-state index contributed by atoms with van der Waals surface area (Å²) < 4.78 is 41.4. The van der Waals surface area contributed by atoms with Gasteiger partial charge in [-0.15, -0.1) is 0 Å². The number of benzene rings is 1. The van der Waals surface area contributed by atoms with Gasteiger partial charge in [0.15, 0.2) is 15.6 Å². The van der Waals surface area contributed by atoms with Crippen LogP contribution in [-0.4, -0.2) is 52.0 Å². The highest BCUT2D eigenvalue weighted by Gasteiger charge is 2.50. The summed E-state index contributed by atoms with van der Waals surface area (Å²) in [6, 6.07) is 7.97. The molecule has 0 bridgehead atoms. The zero-order valence-corrected chi connectivity index (χ0v) is 18.4. The Kier molecular flexibility index (Phi) is 7.50. The number of rotatable bonds is 9. The molecule has 1 aromatic rings. The third-order valence-corrected chi connectivity index (χ3v) is 8.54. The lowest BCUT2D eigenvalue weighted by atomic mass is 9.95. The lowest BCUT2D eigenvalue weighted by molar-refractivity contribution is -0.121. The molecule has 1 fully saturated rings. The summed E-state index contributed by atoms with van der Waals surface area (Å²) in [7, 11) is -2.11. The van der Waals surface area contributed by atoms with Gasteiger partial charge in [-0.05, 0) is 62.8 Å². The van der Waals surface area contributed by atoms with Crippen molar-refractivity contribution in [1.82, 2.24) is 0 Å². The first-order chi connectivity index (χ1) is 14.4. The SMILES string of the molecule is COc1ccc(CCCOC2C=CC(S(=O)(=O)C3(C(C)=O)CCOCC3)=CC2)cc1. The predicted octanol–water partition coefficient (Wildman–Crippen LogP) is 3.41. The Bertz CT molecular complexity index is 892. The molecule has 0 N–H and O–H groups in total. The van der Waals surface area contributed by atoms with Crippen molar-refractivity contribution in [3.8, 4) is 5.75 Å². The number of hydrogen-bond donors (Lipinski definition) is 0. The number of hydrogen-bond acceptors (Lipinski definition) is 6. The first-order valence-corrected chi connectivity index (χ1v) is 11.8. The average Bonchev–Trinajstić information content (AvgIpc) is 2.77. The Balaban J connectivity index is 1.52. The molecule has 7 heteroatoms. The van der Waals surface area contributed by atoms with Gasteiger partial charge >= 0.3 is 0 Å². The van der Waals surface area contributed by atoms with Crippen molar-refractivity contribution in [1.29, 1.82) is 0 Å². The number of ether oxygens (including phenoxy) is 3. The second kappa shape index (κ2) is 9.90. The van der Waals surface area contributed by atoms with E-state index in [1.807, 2.05) is 24.3 Å². The van der Waals surface area contributed by atoms with Crippen molar-refractivity contribution in [2.24, 2.45) is 0 Å². The third kappa shape index (κ3) is 4.85. The lowest BCUT2D eigenvalue weighted by Crippen LogP contribution is -2.50. The molecule has 0 amide bonds. The van der Waals surface area contributed by atoms with E-state index in [4.69, 9.17) is 14.2 Å². The van der Waals surface area contributed by atoms with Crippen LogP contribution in [-0.2, 0) is 30.5 Å². The molecule has 1 atom stereocenters. The second-order valence-electron chi connectivity index (χ2n) is 7.73. The van der Waals surface area contributed by atoms with Gasteiger partial charge in [0, 0.05) is 19.8 Å². The van der Waals surface area contributed by atoms with E-state index in [2.05, 4.69) is 0 Å². The molecule has 0 radical (unpaired) electrons. The number of carbonyl (C=O) groups is 1. The van der Waals surface area contributed by atoms with Crippen molar-refractivity contribution in [2.45, 2.75) is 49.9 Å². The van der Waals surface area contributed by atoms with E-state index in [1.165, 1.54) is 12.5 Å². The number of Topliss-reactive ketones (excluding diaryl/α,β-unsaturated/α-hetero) is 1. The minimum atomic E-state index is -3.76. The van der Waals surface area contributed by atoms with Gasteiger partial charge < -0.3 is 14.2 Å². The molecule has 1 unspecified atom stereocenters. The Morgan fingerprint density at radius 2 is 1.90 bits per heavy atom. The van der Waals surface area contributed by atoms with Crippen LogP contribution in [0.15, 0.2) is 47.4 Å². The van der Waals surface area contributed by atoms with Gasteiger partial charge in [0.1, 0.15) is 10.5 Å². The summed E-state index contributed by atoms with van der Waals surface area (Å²) in [4.78, 5) is 12.5. The van der Waals surface area contributed by atoms with E-state index < -0.39 is 14.6 Å². The molecule has 1 aliphatic carbocycles. The first kappa shape index (κ1) is 22.7. The molecule has 1 aromatic carbocycles. The summed E-state index contributed by atoms with van der Waals surface area (Å²) in [6.45, 7) is 2.53. The van der Waals surface area contributed by atoms with Gasteiger partial charge in [-0.1, -0.05) is 24.3 Å². The number of carbonyl (C=O) groups excluding carboxylic acids is 1. The summed E-state index contributed by atoms with van der Waals surface area (Å²) in [5, 5.41) is 0. The molecule has 164 valence electrons. The summed E-state index contributed by atoms with van der Waals surface area (Å²) >= 11 is 0. The van der Waals surface area contributed by atoms with Crippen LogP contribution in [0.5, 0.6) is 5.75 Å². The largest absolute Gasteiger partial charge is 0.497 e. The van der Waals surface area contributed by atoms with Crippen molar-refractivity contribution in [2.75, 3.05) is 26.9 Å². The molecule has 0 spiro atoms. The van der Waals surface area contributed by atoms with Crippen molar-refractivity contribution in [3.05, 3.63) is 53.0 Å². The van der Waals surface area contributed by atoms with Crippen LogP contribution < -0.4 is 4.74 Å². The number of ketones is 1. The number of methoxy groups -OCH3 is 1. The maximum absolute atomic E-state index is 13.2. The van der Waals surface area contributed by atoms with Crippen LogP contribution in [0.4, 0.5) is 0 Å². The molecular weight excluding hydrogens is 404 g/mol. The minimum Gasteiger partial charge on any atom is -0.497 e. The Morgan fingerprint density at radius 3 is 2.47 bits per heavy atom. The van der Waals surface area contributed by atoms with Crippen LogP contribution in [0.25, 0.3) is 0 Å². The molecule has 1 saturated heterocycles. The van der Waals surface area contributed by atoms with Gasteiger partial charge in [0.2, 0.25) is 0 Å². The van der Waals surface area contributed by atoms with E-state index in [9.17, 15) is 13.2 Å². The van der Waals surface area contributed by atoms with E-state index in [0.29, 0.717) is 13.0 Å². The summed E-state index contributed by atoms with van der Waals surface area (Å²) in [6.07, 6.45) is 7.59. The Labute approximate surface area is 178 Å². The molecular formula is C23H30O6S. The van der Waals surface area contributed by atoms with Gasteiger partial charge in [0.05, 0.1) is 18.1 Å². The lowest BCUT2D eigenvalue weighted by Gasteiger charge is -2.35. The molecule has 0 aromatic heterocycles. The van der Waals surface area contributed by atoms with E-state index in [0.717, 1.165) is 18.6 Å². The highest BCUT2D eigenvalue weighted by molar-refractivity contribution is 7.97. The fraction of sp³-hybridized carbons (Fsp3) is 0.522. The highest BCUT2D eigenvalue weighted by Crippen LogP contribution is 2.37. The van der Waals surface area contributed by atoms with E-state index in [-0.39, 0.29) is 42.8 Å². The van der Waals surface area contributed by atoms with Crippen molar-refractivity contribution < 1.29 is 27.4 Å². The topological polar surface area (TPSA) is 78.9 Å². The standard InChI is InChI=1S/C23H30O6S/c1-18(24)23(13-16-28-17-14-23)30(25,26)22-11-9-21(10-12-22)29-15-3-4-19-5-7-20(27-2)8-6-19/h5-9,11-12,21H,3-4,10,13-17H2,1-2H3. The van der Waals surface area contributed by atoms with Gasteiger partial charge in [-0.3, -0.25) is 4.79 Å². The average molecular weight is 435 g/mol. The molecule has 3 rings (SSSR count). The van der Waals surface area contributed by atoms with Crippen LogP contribution in [0.3, 0.4) is 0 Å². The molecule has 1 aliphatic heterocycles. The third-order valence-electron chi connectivity index (χ3n) is 5.89. The number of allylic oxidation sites excluding steroid dienone is 1. The predicted molar refractivity (Wildman–Crippen MR) is 115 cm³/mol. The fourth-order valence-corrected chi connectivity index (χ4v) is 6.05. The zero-order chi connectivity index (χ0) is 21.6. The summed E-state index contributed by atoms with van der Waals surface area (Å²) in [5.41, 5.74) is 1.22. The number of aryl methyl sites for hydroxylation is 1. The van der Waals surface area contributed by atoms with Crippen molar-refractivity contribution >= 4 is 15.6 Å².